The monoisotopic (exact) mass is 326 g/mol. The van der Waals surface area contributed by atoms with Gasteiger partial charge in [-0.3, -0.25) is 4.79 Å². The Morgan fingerprint density at radius 3 is 1.56 bits per heavy atom. The second-order valence-corrected chi connectivity index (χ2v) is 6.95. The van der Waals surface area contributed by atoms with Gasteiger partial charge in [0.25, 0.3) is 0 Å². The molecule has 3 aromatic rings. The third-order valence-corrected chi connectivity index (χ3v) is 5.76. The molecule has 0 N–H and O–H groups in total. The van der Waals surface area contributed by atoms with E-state index in [0.717, 1.165) is 23.1 Å². The molecule has 25 heavy (non-hydrogen) atoms. The number of hydrogen-bond donors (Lipinski definition) is 0. The number of esters is 1. The lowest BCUT2D eigenvalue weighted by Crippen LogP contribution is -2.31. The van der Waals surface area contributed by atoms with E-state index < -0.39 is 11.0 Å². The van der Waals surface area contributed by atoms with Crippen molar-refractivity contribution in [2.75, 3.05) is 0 Å². The maximum Gasteiger partial charge on any atom is 0.318 e. The first-order chi connectivity index (χ1) is 12.3. The number of hydrogen-bond acceptors (Lipinski definition) is 2. The SMILES string of the molecule is O=C1OC(c2ccccc2)(c2ccccc2)[C@H]2C[C@]12c1ccccc1. The standard InChI is InChI=1S/C23H18O2/c24-21-22(17-10-4-1-5-11-17)16-20(22)23(25-21,18-12-6-2-7-13-18)19-14-8-3-9-15-19/h1-15,20H,16H2/t20-,22+/m0/s1. The molecule has 0 radical (unpaired) electrons. The molecule has 0 bridgehead atoms. The molecular weight excluding hydrogens is 308 g/mol. The highest BCUT2D eigenvalue weighted by molar-refractivity contribution is 5.92. The molecule has 2 fully saturated rings. The van der Waals surface area contributed by atoms with Crippen molar-refractivity contribution >= 4 is 5.97 Å². The first kappa shape index (κ1) is 14.5. The Hall–Kier alpha value is -2.87. The minimum Gasteiger partial charge on any atom is -0.448 e. The highest BCUT2D eigenvalue weighted by Gasteiger charge is 2.77. The minimum atomic E-state index is -0.699. The van der Waals surface area contributed by atoms with Crippen molar-refractivity contribution in [2.45, 2.75) is 17.4 Å². The Morgan fingerprint density at radius 2 is 1.12 bits per heavy atom. The van der Waals surface area contributed by atoms with E-state index in [1.807, 2.05) is 66.7 Å². The maximum atomic E-state index is 13.1. The minimum absolute atomic E-state index is 0.101. The van der Waals surface area contributed by atoms with Crippen LogP contribution in [0.25, 0.3) is 0 Å². The van der Waals surface area contributed by atoms with Gasteiger partial charge < -0.3 is 4.74 Å². The molecule has 3 aromatic carbocycles. The molecule has 0 unspecified atom stereocenters. The summed E-state index contributed by atoms with van der Waals surface area (Å²) in [7, 11) is 0. The number of rotatable bonds is 3. The lowest BCUT2D eigenvalue weighted by Gasteiger charge is -2.31. The van der Waals surface area contributed by atoms with E-state index in [2.05, 4.69) is 24.3 Å². The summed E-state index contributed by atoms with van der Waals surface area (Å²) < 4.78 is 6.20. The van der Waals surface area contributed by atoms with Crippen molar-refractivity contribution < 1.29 is 9.53 Å². The van der Waals surface area contributed by atoms with E-state index in [1.54, 1.807) is 0 Å². The predicted molar refractivity (Wildman–Crippen MR) is 96.0 cm³/mol. The second-order valence-electron chi connectivity index (χ2n) is 6.95. The average Bonchev–Trinajstić information content (AvgIpc) is 3.40. The molecule has 122 valence electrons. The van der Waals surface area contributed by atoms with Crippen LogP contribution in [0.4, 0.5) is 0 Å². The van der Waals surface area contributed by atoms with Gasteiger partial charge in [-0.2, -0.15) is 0 Å². The summed E-state index contributed by atoms with van der Waals surface area (Å²) in [5.74, 6) is 0.0242. The van der Waals surface area contributed by atoms with Crippen molar-refractivity contribution in [3.05, 3.63) is 108 Å². The summed E-state index contributed by atoms with van der Waals surface area (Å²) in [5.41, 5.74) is 1.96. The topological polar surface area (TPSA) is 26.3 Å². The van der Waals surface area contributed by atoms with E-state index in [9.17, 15) is 4.79 Å². The molecular formula is C23H18O2. The molecule has 2 heteroatoms. The first-order valence-corrected chi connectivity index (χ1v) is 8.68. The van der Waals surface area contributed by atoms with E-state index in [-0.39, 0.29) is 11.9 Å². The van der Waals surface area contributed by atoms with Gasteiger partial charge in [-0.1, -0.05) is 91.0 Å². The van der Waals surface area contributed by atoms with Gasteiger partial charge in [-0.05, 0) is 12.0 Å². The van der Waals surface area contributed by atoms with E-state index >= 15 is 0 Å². The van der Waals surface area contributed by atoms with Gasteiger partial charge in [0, 0.05) is 17.0 Å². The van der Waals surface area contributed by atoms with Gasteiger partial charge in [0.15, 0.2) is 5.60 Å². The quantitative estimate of drug-likeness (QED) is 0.665. The van der Waals surface area contributed by atoms with Gasteiger partial charge in [0.2, 0.25) is 0 Å². The highest BCUT2D eigenvalue weighted by atomic mass is 16.6. The molecule has 1 aliphatic heterocycles. The molecule has 0 aromatic heterocycles. The first-order valence-electron chi connectivity index (χ1n) is 8.68. The van der Waals surface area contributed by atoms with E-state index in [4.69, 9.17) is 4.74 Å². The number of fused-ring (bicyclic) bond motifs is 1. The summed E-state index contributed by atoms with van der Waals surface area (Å²) in [6.45, 7) is 0. The fourth-order valence-electron chi connectivity index (χ4n) is 4.52. The molecule has 1 aliphatic carbocycles. The van der Waals surface area contributed by atoms with Crippen molar-refractivity contribution in [3.63, 3.8) is 0 Å². The van der Waals surface area contributed by atoms with Gasteiger partial charge in [0.1, 0.15) is 5.41 Å². The van der Waals surface area contributed by atoms with Crippen molar-refractivity contribution in [1.82, 2.24) is 0 Å². The van der Waals surface area contributed by atoms with Gasteiger partial charge in [-0.25, -0.2) is 0 Å². The molecule has 2 aliphatic rings. The van der Waals surface area contributed by atoms with E-state index in [1.165, 1.54) is 0 Å². The largest absolute Gasteiger partial charge is 0.448 e. The van der Waals surface area contributed by atoms with Gasteiger partial charge >= 0.3 is 5.97 Å². The summed E-state index contributed by atoms with van der Waals surface area (Å²) in [6.07, 6.45) is 0.833. The number of carbonyl (C=O) groups is 1. The molecule has 1 saturated heterocycles. The fourth-order valence-corrected chi connectivity index (χ4v) is 4.52. The van der Waals surface area contributed by atoms with Crippen LogP contribution >= 0.6 is 0 Å². The summed E-state index contributed by atoms with van der Waals surface area (Å²) >= 11 is 0. The molecule has 5 rings (SSSR count). The third-order valence-electron chi connectivity index (χ3n) is 5.76. The van der Waals surface area contributed by atoms with Crippen LogP contribution in [0.3, 0.4) is 0 Å². The summed E-state index contributed by atoms with van der Waals surface area (Å²) in [5, 5.41) is 0. The number of benzene rings is 3. The fraction of sp³-hybridized carbons (Fsp3) is 0.174. The Labute approximate surface area is 147 Å². The number of carbonyl (C=O) groups excluding carboxylic acids is 1. The molecule has 0 spiro atoms. The highest BCUT2D eigenvalue weighted by Crippen LogP contribution is 2.70. The van der Waals surface area contributed by atoms with Crippen LogP contribution in [0.1, 0.15) is 23.1 Å². The lowest BCUT2D eigenvalue weighted by molar-refractivity contribution is -0.152. The average molecular weight is 326 g/mol. The van der Waals surface area contributed by atoms with Gasteiger partial charge in [0.05, 0.1) is 0 Å². The van der Waals surface area contributed by atoms with Crippen molar-refractivity contribution in [2.24, 2.45) is 5.92 Å². The molecule has 2 atom stereocenters. The molecule has 1 saturated carbocycles. The number of ether oxygens (including phenoxy) is 1. The van der Waals surface area contributed by atoms with Gasteiger partial charge in [-0.15, -0.1) is 0 Å². The normalized spacial score (nSPS) is 25.9. The Morgan fingerprint density at radius 1 is 0.680 bits per heavy atom. The Kier molecular flexibility index (Phi) is 2.93. The Bertz CT molecular complexity index is 879. The van der Waals surface area contributed by atoms with Crippen LogP contribution in [-0.2, 0) is 20.5 Å². The van der Waals surface area contributed by atoms with Crippen LogP contribution in [0, 0.1) is 5.92 Å². The van der Waals surface area contributed by atoms with Crippen LogP contribution in [0.5, 0.6) is 0 Å². The smallest absolute Gasteiger partial charge is 0.318 e. The zero-order chi connectivity index (χ0) is 16.9. The van der Waals surface area contributed by atoms with Crippen LogP contribution in [-0.4, -0.2) is 5.97 Å². The van der Waals surface area contributed by atoms with E-state index in [0.29, 0.717) is 0 Å². The van der Waals surface area contributed by atoms with Crippen LogP contribution in [0.15, 0.2) is 91.0 Å². The number of cyclic esters (lactones) is 1. The van der Waals surface area contributed by atoms with Crippen molar-refractivity contribution in [1.29, 1.82) is 0 Å². The van der Waals surface area contributed by atoms with Crippen molar-refractivity contribution in [3.8, 4) is 0 Å². The molecule has 1 heterocycles. The lowest BCUT2D eigenvalue weighted by atomic mass is 9.79. The van der Waals surface area contributed by atoms with Crippen LogP contribution < -0.4 is 0 Å². The second kappa shape index (κ2) is 5.06. The predicted octanol–water partition coefficient (Wildman–Crippen LogP) is 4.44. The zero-order valence-corrected chi connectivity index (χ0v) is 13.8. The third kappa shape index (κ3) is 1.82. The molecule has 0 amide bonds. The van der Waals surface area contributed by atoms with Crippen LogP contribution in [0.2, 0.25) is 0 Å². The maximum absolute atomic E-state index is 13.1. The summed E-state index contributed by atoms with van der Waals surface area (Å²) in [4.78, 5) is 13.1. The zero-order valence-electron chi connectivity index (χ0n) is 13.8. The Balaban J connectivity index is 1.72. The summed E-state index contributed by atoms with van der Waals surface area (Å²) in [6, 6.07) is 30.4. The molecule has 2 nitrogen and oxygen atoms in total.